The Labute approximate surface area is 59.0 Å². The Bertz CT molecular complexity index is 93.7. The van der Waals surface area contributed by atoms with Crippen LogP contribution in [-0.2, 0) is 0 Å². The van der Waals surface area contributed by atoms with Crippen LogP contribution >= 0.6 is 0 Å². The van der Waals surface area contributed by atoms with Crippen LogP contribution < -0.4 is 10.6 Å². The van der Waals surface area contributed by atoms with Crippen LogP contribution in [0, 0.1) is 5.92 Å². The summed E-state index contributed by atoms with van der Waals surface area (Å²) in [5.41, 5.74) is 0. The first-order valence-corrected chi connectivity index (χ1v) is 3.48. The van der Waals surface area contributed by atoms with E-state index in [4.69, 9.17) is 0 Å². The first-order chi connectivity index (χ1) is 4.79. The molecule has 10 heavy (non-hydrogen) atoms. The molecule has 1 aliphatic heterocycles. The van der Waals surface area contributed by atoms with Crippen molar-refractivity contribution >= 4 is 0 Å². The summed E-state index contributed by atoms with van der Waals surface area (Å²) in [5.74, 6) is 0.568. The fourth-order valence-corrected chi connectivity index (χ4v) is 0.889. The van der Waals surface area contributed by atoms with E-state index in [-0.39, 0.29) is 6.54 Å². The van der Waals surface area contributed by atoms with Gasteiger partial charge in [-0.1, -0.05) is 0 Å². The van der Waals surface area contributed by atoms with E-state index in [0.717, 1.165) is 19.6 Å². The topological polar surface area (TPSA) is 24.1 Å². The van der Waals surface area contributed by atoms with Crippen LogP contribution in [0.5, 0.6) is 0 Å². The van der Waals surface area contributed by atoms with E-state index in [9.17, 15) is 8.78 Å². The summed E-state index contributed by atoms with van der Waals surface area (Å²) < 4.78 is 23.1. The second-order valence-corrected chi connectivity index (χ2v) is 2.57. The summed E-state index contributed by atoms with van der Waals surface area (Å²) in [6.45, 7) is 2.49. The second-order valence-electron chi connectivity index (χ2n) is 2.57. The highest BCUT2D eigenvalue weighted by Crippen LogP contribution is 1.99. The minimum atomic E-state index is -2.21. The molecule has 0 saturated carbocycles. The average molecular weight is 150 g/mol. The number of alkyl halides is 2. The van der Waals surface area contributed by atoms with Crippen molar-refractivity contribution in [1.82, 2.24) is 10.6 Å². The Morgan fingerprint density at radius 3 is 2.60 bits per heavy atom. The van der Waals surface area contributed by atoms with Crippen LogP contribution in [0.4, 0.5) is 8.78 Å². The van der Waals surface area contributed by atoms with Crippen molar-refractivity contribution in [3.63, 3.8) is 0 Å². The van der Waals surface area contributed by atoms with E-state index in [2.05, 4.69) is 10.6 Å². The quantitative estimate of drug-likeness (QED) is 0.592. The Morgan fingerprint density at radius 2 is 2.20 bits per heavy atom. The molecule has 1 fully saturated rings. The summed E-state index contributed by atoms with van der Waals surface area (Å²) in [7, 11) is 0. The van der Waals surface area contributed by atoms with Crippen LogP contribution in [0.25, 0.3) is 0 Å². The minimum absolute atomic E-state index is 0.170. The Kier molecular flexibility index (Phi) is 3.02. The zero-order valence-corrected chi connectivity index (χ0v) is 5.74. The summed E-state index contributed by atoms with van der Waals surface area (Å²) in [4.78, 5) is 0. The summed E-state index contributed by atoms with van der Waals surface area (Å²) in [5, 5.41) is 5.77. The molecule has 0 bridgehead atoms. The van der Waals surface area contributed by atoms with Gasteiger partial charge in [-0.05, 0) is 5.92 Å². The fraction of sp³-hybridized carbons (Fsp3) is 1.00. The van der Waals surface area contributed by atoms with Crippen LogP contribution in [-0.4, -0.2) is 32.6 Å². The van der Waals surface area contributed by atoms with Gasteiger partial charge in [0.2, 0.25) is 0 Å². The second kappa shape index (κ2) is 3.83. The van der Waals surface area contributed by atoms with E-state index >= 15 is 0 Å². The van der Waals surface area contributed by atoms with Crippen LogP contribution in [0.3, 0.4) is 0 Å². The SMILES string of the molecule is FC(F)CNCC1CNC1. The molecule has 60 valence electrons. The van der Waals surface area contributed by atoms with Gasteiger partial charge in [-0.15, -0.1) is 0 Å². The number of nitrogens with one attached hydrogen (secondary N) is 2. The van der Waals surface area contributed by atoms with E-state index in [1.54, 1.807) is 0 Å². The maximum atomic E-state index is 11.5. The molecular weight excluding hydrogens is 138 g/mol. The normalized spacial score (nSPS) is 19.5. The van der Waals surface area contributed by atoms with Crippen molar-refractivity contribution in [2.45, 2.75) is 6.43 Å². The van der Waals surface area contributed by atoms with Gasteiger partial charge in [-0.25, -0.2) is 8.78 Å². The van der Waals surface area contributed by atoms with Crippen LogP contribution in [0.2, 0.25) is 0 Å². The number of halogens is 2. The van der Waals surface area contributed by atoms with E-state index in [1.807, 2.05) is 0 Å². The molecule has 0 aromatic heterocycles. The fourth-order valence-electron chi connectivity index (χ4n) is 0.889. The molecule has 0 radical (unpaired) electrons. The lowest BCUT2D eigenvalue weighted by atomic mass is 10.0. The smallest absolute Gasteiger partial charge is 0.250 e. The van der Waals surface area contributed by atoms with Crippen molar-refractivity contribution in [3.05, 3.63) is 0 Å². The predicted molar refractivity (Wildman–Crippen MR) is 35.2 cm³/mol. The highest BCUT2D eigenvalue weighted by molar-refractivity contribution is 4.76. The van der Waals surface area contributed by atoms with Gasteiger partial charge in [0.15, 0.2) is 0 Å². The molecule has 4 heteroatoms. The third-order valence-electron chi connectivity index (χ3n) is 1.60. The van der Waals surface area contributed by atoms with E-state index < -0.39 is 6.43 Å². The molecular formula is C6H12F2N2. The maximum absolute atomic E-state index is 11.5. The van der Waals surface area contributed by atoms with Gasteiger partial charge in [-0.3, -0.25) is 0 Å². The Morgan fingerprint density at radius 1 is 1.50 bits per heavy atom. The Hall–Kier alpha value is -0.220. The molecule has 2 nitrogen and oxygen atoms in total. The van der Waals surface area contributed by atoms with Gasteiger partial charge in [0.05, 0.1) is 6.54 Å². The predicted octanol–water partition coefficient (Wildman–Crippen LogP) is 0.0605. The largest absolute Gasteiger partial charge is 0.316 e. The first-order valence-electron chi connectivity index (χ1n) is 3.48. The molecule has 1 aliphatic rings. The van der Waals surface area contributed by atoms with Gasteiger partial charge in [0.1, 0.15) is 0 Å². The zero-order valence-electron chi connectivity index (χ0n) is 5.74. The van der Waals surface area contributed by atoms with Crippen molar-refractivity contribution < 1.29 is 8.78 Å². The standard InChI is InChI=1S/C6H12F2N2/c7-6(8)4-10-3-5-1-9-2-5/h5-6,9-10H,1-4H2. The number of hydrogen-bond donors (Lipinski definition) is 2. The summed E-state index contributed by atoms with van der Waals surface area (Å²) in [6.07, 6.45) is -2.21. The van der Waals surface area contributed by atoms with Gasteiger partial charge in [-0.2, -0.15) is 0 Å². The zero-order chi connectivity index (χ0) is 7.40. The lowest BCUT2D eigenvalue weighted by molar-refractivity contribution is 0.142. The molecule has 1 heterocycles. The molecule has 0 aliphatic carbocycles. The Balaban J connectivity index is 1.85. The lowest BCUT2D eigenvalue weighted by Gasteiger charge is -2.27. The molecule has 0 aromatic rings. The molecule has 1 rings (SSSR count). The molecule has 0 aromatic carbocycles. The molecule has 0 spiro atoms. The van der Waals surface area contributed by atoms with E-state index in [1.165, 1.54) is 0 Å². The maximum Gasteiger partial charge on any atom is 0.250 e. The van der Waals surface area contributed by atoms with Gasteiger partial charge >= 0.3 is 0 Å². The van der Waals surface area contributed by atoms with E-state index in [0.29, 0.717) is 5.92 Å². The van der Waals surface area contributed by atoms with Crippen molar-refractivity contribution in [2.75, 3.05) is 26.2 Å². The average Bonchev–Trinajstić information content (AvgIpc) is 1.75. The van der Waals surface area contributed by atoms with Crippen LogP contribution in [0.1, 0.15) is 0 Å². The molecule has 1 saturated heterocycles. The molecule has 2 N–H and O–H groups in total. The molecule has 0 atom stereocenters. The number of hydrogen-bond acceptors (Lipinski definition) is 2. The van der Waals surface area contributed by atoms with Gasteiger partial charge < -0.3 is 10.6 Å². The monoisotopic (exact) mass is 150 g/mol. The first kappa shape index (κ1) is 7.88. The highest BCUT2D eigenvalue weighted by atomic mass is 19.3. The number of rotatable bonds is 4. The van der Waals surface area contributed by atoms with Gasteiger partial charge in [0.25, 0.3) is 6.43 Å². The molecule has 0 unspecified atom stereocenters. The summed E-state index contributed by atoms with van der Waals surface area (Å²) in [6, 6.07) is 0. The summed E-state index contributed by atoms with van der Waals surface area (Å²) >= 11 is 0. The van der Waals surface area contributed by atoms with Crippen molar-refractivity contribution in [1.29, 1.82) is 0 Å². The van der Waals surface area contributed by atoms with Crippen LogP contribution in [0.15, 0.2) is 0 Å². The minimum Gasteiger partial charge on any atom is -0.316 e. The van der Waals surface area contributed by atoms with Crippen molar-refractivity contribution in [2.24, 2.45) is 5.92 Å². The third kappa shape index (κ3) is 2.58. The molecule has 0 amide bonds. The third-order valence-corrected chi connectivity index (χ3v) is 1.60. The lowest BCUT2D eigenvalue weighted by Crippen LogP contribution is -2.47. The van der Waals surface area contributed by atoms with Gasteiger partial charge in [0, 0.05) is 19.6 Å². The van der Waals surface area contributed by atoms with Crippen molar-refractivity contribution in [3.8, 4) is 0 Å². The highest BCUT2D eigenvalue weighted by Gasteiger charge is 2.15.